The molecule has 0 bridgehead atoms. The van der Waals surface area contributed by atoms with Crippen molar-refractivity contribution in [3.8, 4) is 11.5 Å². The van der Waals surface area contributed by atoms with Gasteiger partial charge in [-0.15, -0.1) is 0 Å². The maximum absolute atomic E-state index is 13.0. The van der Waals surface area contributed by atoms with Crippen molar-refractivity contribution < 1.29 is 4.52 Å². The first-order chi connectivity index (χ1) is 15.6. The molecule has 0 spiro atoms. The number of aliphatic imine (C=N–C) groups is 1. The zero-order valence-electron chi connectivity index (χ0n) is 18.1. The highest BCUT2D eigenvalue weighted by Crippen LogP contribution is 2.24. The van der Waals surface area contributed by atoms with Crippen LogP contribution < -0.4 is 11.2 Å². The van der Waals surface area contributed by atoms with Gasteiger partial charge in [0.25, 0.3) is 11.4 Å². The molecule has 0 amide bonds. The number of aryl methyl sites for hydroxylation is 1. The molecule has 0 aliphatic carbocycles. The number of halogens is 1. The molecule has 1 aliphatic rings. The number of unbranched alkanes of at least 4 members (excludes halogenated alkanes) is 3. The van der Waals surface area contributed by atoms with Crippen LogP contribution in [0.15, 0.2) is 49.4 Å². The molecule has 32 heavy (non-hydrogen) atoms. The maximum Gasteiger partial charge on any atom is 0.332 e. The van der Waals surface area contributed by atoms with Crippen molar-refractivity contribution >= 4 is 22.6 Å². The Morgan fingerprint density at radius 3 is 2.56 bits per heavy atom. The molecule has 0 unspecified atom stereocenters. The molecular formula is C23H26ClN5O3. The van der Waals surface area contributed by atoms with Crippen molar-refractivity contribution in [2.45, 2.75) is 65.0 Å². The monoisotopic (exact) mass is 455 g/mol. The van der Waals surface area contributed by atoms with Crippen LogP contribution >= 0.6 is 11.6 Å². The number of benzene rings is 1. The minimum absolute atomic E-state index is 0.287. The predicted molar refractivity (Wildman–Crippen MR) is 124 cm³/mol. The average Bonchev–Trinajstić information content (AvgIpc) is 3.43. The molecule has 0 atom stereocenters. The topological polar surface area (TPSA) is 95.3 Å². The predicted octanol–water partition coefficient (Wildman–Crippen LogP) is 4.10. The van der Waals surface area contributed by atoms with Crippen LogP contribution in [0.5, 0.6) is 0 Å². The summed E-state index contributed by atoms with van der Waals surface area (Å²) in [7, 11) is 0. The van der Waals surface area contributed by atoms with Gasteiger partial charge in [-0.3, -0.25) is 13.9 Å². The molecule has 3 aromatic rings. The van der Waals surface area contributed by atoms with Crippen LogP contribution in [0.4, 0.5) is 5.82 Å². The molecule has 4 rings (SSSR count). The van der Waals surface area contributed by atoms with Crippen LogP contribution in [-0.4, -0.2) is 24.4 Å². The number of fused-ring (bicyclic) bond motifs is 1. The molecular weight excluding hydrogens is 430 g/mol. The van der Waals surface area contributed by atoms with E-state index in [0.717, 1.165) is 31.2 Å². The highest BCUT2D eigenvalue weighted by Gasteiger charge is 2.24. The Kier molecular flexibility index (Phi) is 6.99. The Morgan fingerprint density at radius 1 is 1.03 bits per heavy atom. The van der Waals surface area contributed by atoms with Crippen LogP contribution in [0.3, 0.4) is 0 Å². The van der Waals surface area contributed by atoms with E-state index in [1.807, 2.05) is 30.3 Å². The van der Waals surface area contributed by atoms with E-state index in [1.165, 1.54) is 4.57 Å². The third-order valence-electron chi connectivity index (χ3n) is 5.55. The lowest BCUT2D eigenvalue weighted by Gasteiger charge is -2.14. The van der Waals surface area contributed by atoms with Gasteiger partial charge in [0.05, 0.1) is 5.56 Å². The Labute approximate surface area is 190 Å². The minimum atomic E-state index is -0.314. The quantitative estimate of drug-likeness (QED) is 0.429. The molecule has 9 heteroatoms. The molecule has 2 aromatic heterocycles. The smallest absolute Gasteiger partial charge is 0.332 e. The number of aromatic nitrogens is 4. The van der Waals surface area contributed by atoms with Crippen molar-refractivity contribution in [3.05, 3.63) is 62.6 Å². The zero-order valence-corrected chi connectivity index (χ0v) is 18.8. The number of hydrogen-bond acceptors (Lipinski definition) is 6. The van der Waals surface area contributed by atoms with Crippen molar-refractivity contribution in [2.24, 2.45) is 4.99 Å². The first-order valence-electron chi connectivity index (χ1n) is 11.1. The summed E-state index contributed by atoms with van der Waals surface area (Å²) in [5, 5.41) is 4.39. The molecule has 1 aromatic carbocycles. The summed E-state index contributed by atoms with van der Waals surface area (Å²) in [6.45, 7) is 2.98. The molecule has 168 valence electrons. The standard InChI is InChI=1S/C23H26ClN5O3/c1-2-3-8-13-28-20-17(15-18(24)25-20)22(30)29(23(28)31)14-9-7-12-19-26-21(32-27-19)16-10-5-4-6-11-16/h4-6,10-11H,2-3,7-9,12-15H2,1H3. The van der Waals surface area contributed by atoms with Gasteiger partial charge in [0.15, 0.2) is 5.82 Å². The lowest BCUT2D eigenvalue weighted by Crippen LogP contribution is -2.41. The molecule has 0 saturated heterocycles. The highest BCUT2D eigenvalue weighted by atomic mass is 35.5. The molecule has 0 N–H and O–H groups in total. The summed E-state index contributed by atoms with van der Waals surface area (Å²) in [5.41, 5.74) is 0.783. The number of hydrogen-bond donors (Lipinski definition) is 0. The van der Waals surface area contributed by atoms with Gasteiger partial charge < -0.3 is 4.52 Å². The minimum Gasteiger partial charge on any atom is -0.334 e. The fourth-order valence-corrected chi connectivity index (χ4v) is 4.07. The molecule has 3 heterocycles. The zero-order chi connectivity index (χ0) is 22.5. The summed E-state index contributed by atoms with van der Waals surface area (Å²) >= 11 is 6.09. The van der Waals surface area contributed by atoms with E-state index in [9.17, 15) is 9.59 Å². The van der Waals surface area contributed by atoms with Gasteiger partial charge >= 0.3 is 5.69 Å². The summed E-state index contributed by atoms with van der Waals surface area (Å²) in [4.78, 5) is 34.7. The van der Waals surface area contributed by atoms with E-state index in [2.05, 4.69) is 22.1 Å². The Hall–Kier alpha value is -3.00. The summed E-state index contributed by atoms with van der Waals surface area (Å²) in [6.07, 6.45) is 5.17. The van der Waals surface area contributed by atoms with Gasteiger partial charge in [0.2, 0.25) is 0 Å². The van der Waals surface area contributed by atoms with Crippen molar-refractivity contribution in [1.29, 1.82) is 0 Å². The van der Waals surface area contributed by atoms with E-state index in [-0.39, 0.29) is 17.7 Å². The van der Waals surface area contributed by atoms with Gasteiger partial charge in [-0.25, -0.2) is 9.79 Å². The fraction of sp³-hybridized carbons (Fsp3) is 0.435. The van der Waals surface area contributed by atoms with Crippen LogP contribution in [0, 0.1) is 0 Å². The number of rotatable bonds is 10. The van der Waals surface area contributed by atoms with Gasteiger partial charge in [-0.05, 0) is 31.4 Å². The molecule has 0 saturated carbocycles. The summed E-state index contributed by atoms with van der Waals surface area (Å²) < 4.78 is 8.26. The van der Waals surface area contributed by atoms with Crippen molar-refractivity contribution in [2.75, 3.05) is 0 Å². The second-order valence-corrected chi connectivity index (χ2v) is 8.34. The number of nitrogens with zero attached hydrogens (tertiary/aromatic N) is 5. The van der Waals surface area contributed by atoms with E-state index in [1.54, 1.807) is 4.57 Å². The summed E-state index contributed by atoms with van der Waals surface area (Å²) in [5.74, 6) is 1.53. The highest BCUT2D eigenvalue weighted by molar-refractivity contribution is 6.66. The largest absolute Gasteiger partial charge is 0.334 e. The van der Waals surface area contributed by atoms with Gasteiger partial charge in [-0.1, -0.05) is 54.7 Å². The lowest BCUT2D eigenvalue weighted by atomic mass is 10.2. The maximum atomic E-state index is 13.0. The Morgan fingerprint density at radius 2 is 1.78 bits per heavy atom. The Bertz CT molecular complexity index is 1230. The SMILES string of the molecule is CCCCCn1c2c(c(=O)n(CCCCc3noc(-c4ccccc4)n3)c1=O)CC(Cl)=N2. The normalized spacial score (nSPS) is 12.8. The van der Waals surface area contributed by atoms with Crippen molar-refractivity contribution in [3.63, 3.8) is 0 Å². The van der Waals surface area contributed by atoms with Gasteiger partial charge in [0, 0.05) is 31.5 Å². The first-order valence-corrected chi connectivity index (χ1v) is 11.4. The molecule has 8 nitrogen and oxygen atoms in total. The van der Waals surface area contributed by atoms with E-state index in [4.69, 9.17) is 16.1 Å². The van der Waals surface area contributed by atoms with Crippen LogP contribution in [-0.2, 0) is 25.9 Å². The average molecular weight is 456 g/mol. The van der Waals surface area contributed by atoms with E-state index in [0.29, 0.717) is 54.2 Å². The van der Waals surface area contributed by atoms with Crippen LogP contribution in [0.2, 0.25) is 0 Å². The second-order valence-electron chi connectivity index (χ2n) is 7.90. The van der Waals surface area contributed by atoms with Crippen LogP contribution in [0.25, 0.3) is 11.5 Å². The summed E-state index contributed by atoms with van der Waals surface area (Å²) in [6, 6.07) is 9.60. The van der Waals surface area contributed by atoms with Crippen LogP contribution in [0.1, 0.15) is 50.4 Å². The Balaban J connectivity index is 1.43. The van der Waals surface area contributed by atoms with Crippen molar-refractivity contribution in [1.82, 2.24) is 19.3 Å². The van der Waals surface area contributed by atoms with Gasteiger partial charge in [0.1, 0.15) is 11.0 Å². The van der Waals surface area contributed by atoms with E-state index >= 15 is 0 Å². The lowest BCUT2D eigenvalue weighted by molar-refractivity contribution is 0.420. The molecule has 0 fully saturated rings. The molecule has 1 aliphatic heterocycles. The second kappa shape index (κ2) is 10.1. The third kappa shape index (κ3) is 4.75. The van der Waals surface area contributed by atoms with Gasteiger partial charge in [-0.2, -0.15) is 4.98 Å². The fourth-order valence-electron chi connectivity index (χ4n) is 3.85. The molecule has 0 radical (unpaired) electrons. The first kappa shape index (κ1) is 22.2. The van der Waals surface area contributed by atoms with E-state index < -0.39 is 0 Å². The third-order valence-corrected chi connectivity index (χ3v) is 5.76.